The van der Waals surface area contributed by atoms with Crippen LogP contribution >= 0.6 is 0 Å². The number of rotatable bonds is 3. The molecule has 0 aliphatic carbocycles. The summed E-state index contributed by atoms with van der Waals surface area (Å²) in [7, 11) is 0. The quantitative estimate of drug-likeness (QED) is 0.677. The van der Waals surface area contributed by atoms with Crippen LogP contribution in [0.25, 0.3) is 6.08 Å². The smallest absolute Gasteiger partial charge is 0.0661 e. The molecular weight excluding hydrogens is 218 g/mol. The van der Waals surface area contributed by atoms with Crippen LogP contribution in [0.1, 0.15) is 18.1 Å². The van der Waals surface area contributed by atoms with Crippen LogP contribution in [0.3, 0.4) is 0 Å². The number of aliphatic imine (C=N–C) groups is 1. The molecule has 0 spiro atoms. The molecule has 0 saturated carbocycles. The zero-order valence-electron chi connectivity index (χ0n) is 10.8. The Kier molecular flexibility index (Phi) is 4.08. The fraction of sp³-hybridized carbons (Fsp3) is 0.118. The van der Waals surface area contributed by atoms with E-state index in [1.54, 1.807) is 0 Å². The molecule has 18 heavy (non-hydrogen) atoms. The molecule has 0 heterocycles. The van der Waals surface area contributed by atoms with Gasteiger partial charge in [-0.25, -0.2) is 0 Å². The van der Waals surface area contributed by atoms with Crippen molar-refractivity contribution >= 4 is 17.5 Å². The summed E-state index contributed by atoms with van der Waals surface area (Å²) < 4.78 is 0. The molecule has 0 bridgehead atoms. The van der Waals surface area contributed by atoms with Crippen LogP contribution in [0, 0.1) is 6.92 Å². The summed E-state index contributed by atoms with van der Waals surface area (Å²) in [5.74, 6) is 0. The molecule has 0 radical (unpaired) electrons. The minimum absolute atomic E-state index is 1.01. The summed E-state index contributed by atoms with van der Waals surface area (Å²) in [6.45, 7) is 4.10. The molecule has 90 valence electrons. The van der Waals surface area contributed by atoms with Gasteiger partial charge in [0, 0.05) is 5.71 Å². The van der Waals surface area contributed by atoms with Crippen molar-refractivity contribution in [2.24, 2.45) is 4.99 Å². The molecule has 0 aliphatic rings. The van der Waals surface area contributed by atoms with E-state index >= 15 is 0 Å². The summed E-state index contributed by atoms with van der Waals surface area (Å²) in [4.78, 5) is 4.60. The largest absolute Gasteiger partial charge is 0.253 e. The van der Waals surface area contributed by atoms with Crippen molar-refractivity contribution in [2.75, 3.05) is 0 Å². The first-order chi connectivity index (χ1) is 8.75. The van der Waals surface area contributed by atoms with Crippen LogP contribution in [0.5, 0.6) is 0 Å². The van der Waals surface area contributed by atoms with Crippen molar-refractivity contribution in [3.63, 3.8) is 0 Å². The zero-order chi connectivity index (χ0) is 12.8. The van der Waals surface area contributed by atoms with Gasteiger partial charge in [-0.2, -0.15) is 0 Å². The summed E-state index contributed by atoms with van der Waals surface area (Å²) in [6.07, 6.45) is 4.12. The van der Waals surface area contributed by atoms with Crippen LogP contribution < -0.4 is 0 Å². The average molecular weight is 235 g/mol. The second-order valence-corrected chi connectivity index (χ2v) is 4.28. The van der Waals surface area contributed by atoms with Crippen LogP contribution in [0.2, 0.25) is 0 Å². The Balaban J connectivity index is 2.15. The highest BCUT2D eigenvalue weighted by Crippen LogP contribution is 2.17. The minimum Gasteiger partial charge on any atom is -0.253 e. The highest BCUT2D eigenvalue weighted by Gasteiger charge is 1.93. The molecular formula is C17H17N. The number of benzene rings is 2. The molecule has 2 aromatic rings. The van der Waals surface area contributed by atoms with E-state index in [9.17, 15) is 0 Å². The van der Waals surface area contributed by atoms with E-state index in [0.717, 1.165) is 11.4 Å². The van der Waals surface area contributed by atoms with Crippen molar-refractivity contribution in [2.45, 2.75) is 13.8 Å². The molecule has 0 atom stereocenters. The first kappa shape index (κ1) is 12.3. The highest BCUT2D eigenvalue weighted by molar-refractivity contribution is 5.98. The molecule has 2 aromatic carbocycles. The van der Waals surface area contributed by atoms with Gasteiger partial charge in [0.05, 0.1) is 5.69 Å². The highest BCUT2D eigenvalue weighted by atomic mass is 14.7. The van der Waals surface area contributed by atoms with Crippen molar-refractivity contribution in [3.8, 4) is 0 Å². The Morgan fingerprint density at radius 2 is 1.61 bits per heavy atom. The molecule has 0 amide bonds. The van der Waals surface area contributed by atoms with E-state index in [1.807, 2.05) is 49.4 Å². The molecule has 0 unspecified atom stereocenters. The fourth-order valence-electron chi connectivity index (χ4n) is 1.70. The van der Waals surface area contributed by atoms with Crippen molar-refractivity contribution in [1.82, 2.24) is 0 Å². The molecule has 0 aliphatic heterocycles. The lowest BCUT2D eigenvalue weighted by molar-refractivity contribution is 1.39. The van der Waals surface area contributed by atoms with Crippen LogP contribution in [-0.2, 0) is 0 Å². The number of allylic oxidation sites excluding steroid dienone is 1. The summed E-state index contributed by atoms with van der Waals surface area (Å²) >= 11 is 0. The Morgan fingerprint density at radius 1 is 0.944 bits per heavy atom. The molecule has 0 fully saturated rings. The number of para-hydroxylation sites is 1. The maximum atomic E-state index is 4.60. The first-order valence-corrected chi connectivity index (χ1v) is 6.10. The van der Waals surface area contributed by atoms with E-state index in [-0.39, 0.29) is 0 Å². The predicted molar refractivity (Wildman–Crippen MR) is 79.4 cm³/mol. The maximum Gasteiger partial charge on any atom is 0.0661 e. The lowest BCUT2D eigenvalue weighted by atomic mass is 10.2. The van der Waals surface area contributed by atoms with Gasteiger partial charge in [-0.3, -0.25) is 4.99 Å². The fourth-order valence-corrected chi connectivity index (χ4v) is 1.70. The summed E-state index contributed by atoms with van der Waals surface area (Å²) in [6, 6.07) is 18.4. The summed E-state index contributed by atoms with van der Waals surface area (Å²) in [5, 5.41) is 0. The second-order valence-electron chi connectivity index (χ2n) is 4.28. The predicted octanol–water partition coefficient (Wildman–Crippen LogP) is 4.80. The number of nitrogens with zero attached hydrogens (tertiary/aromatic N) is 1. The third-order valence-electron chi connectivity index (χ3n) is 2.73. The molecule has 2 rings (SSSR count). The van der Waals surface area contributed by atoms with E-state index in [4.69, 9.17) is 0 Å². The molecule has 1 heteroatoms. The van der Waals surface area contributed by atoms with Crippen LogP contribution in [0.15, 0.2) is 65.7 Å². The molecule has 0 aromatic heterocycles. The second kappa shape index (κ2) is 5.97. The Hall–Kier alpha value is -2.15. The van der Waals surface area contributed by atoms with Crippen LogP contribution in [0.4, 0.5) is 5.69 Å². The van der Waals surface area contributed by atoms with E-state index in [0.29, 0.717) is 0 Å². The van der Waals surface area contributed by atoms with E-state index in [2.05, 4.69) is 36.2 Å². The maximum absolute atomic E-state index is 4.60. The van der Waals surface area contributed by atoms with Gasteiger partial charge in [-0.1, -0.05) is 54.6 Å². The van der Waals surface area contributed by atoms with Gasteiger partial charge in [0.25, 0.3) is 0 Å². The zero-order valence-corrected chi connectivity index (χ0v) is 10.8. The third kappa shape index (κ3) is 3.42. The van der Waals surface area contributed by atoms with Gasteiger partial charge in [0.2, 0.25) is 0 Å². The minimum atomic E-state index is 1.01. The monoisotopic (exact) mass is 235 g/mol. The molecule has 1 nitrogen and oxygen atoms in total. The third-order valence-corrected chi connectivity index (χ3v) is 2.73. The molecule has 0 saturated heterocycles. The number of hydrogen-bond donors (Lipinski definition) is 0. The van der Waals surface area contributed by atoms with Crippen molar-refractivity contribution in [3.05, 3.63) is 71.8 Å². The van der Waals surface area contributed by atoms with Gasteiger partial charge in [-0.05, 0) is 37.1 Å². The number of aryl methyl sites for hydroxylation is 1. The SMILES string of the molecule is CC(C=Cc1ccccc1)=Nc1ccccc1C. The lowest BCUT2D eigenvalue weighted by Gasteiger charge is -1.99. The van der Waals surface area contributed by atoms with Gasteiger partial charge in [0.15, 0.2) is 0 Å². The van der Waals surface area contributed by atoms with Crippen molar-refractivity contribution in [1.29, 1.82) is 0 Å². The lowest BCUT2D eigenvalue weighted by Crippen LogP contribution is -1.84. The van der Waals surface area contributed by atoms with Gasteiger partial charge in [0.1, 0.15) is 0 Å². The van der Waals surface area contributed by atoms with Crippen LogP contribution in [-0.4, -0.2) is 5.71 Å². The van der Waals surface area contributed by atoms with Gasteiger partial charge in [-0.15, -0.1) is 0 Å². The Labute approximate surface area is 109 Å². The average Bonchev–Trinajstić information content (AvgIpc) is 2.40. The topological polar surface area (TPSA) is 12.4 Å². The van der Waals surface area contributed by atoms with E-state index < -0.39 is 0 Å². The standard InChI is InChI=1S/C17H17N/c1-14-8-6-7-11-17(14)18-15(2)12-13-16-9-4-3-5-10-16/h3-13H,1-2H3. The molecule has 0 N–H and O–H groups in total. The Morgan fingerprint density at radius 3 is 2.33 bits per heavy atom. The van der Waals surface area contributed by atoms with Crippen molar-refractivity contribution < 1.29 is 0 Å². The van der Waals surface area contributed by atoms with Gasteiger partial charge >= 0.3 is 0 Å². The summed E-state index contributed by atoms with van der Waals surface area (Å²) in [5.41, 5.74) is 4.43. The van der Waals surface area contributed by atoms with E-state index in [1.165, 1.54) is 11.1 Å². The first-order valence-electron chi connectivity index (χ1n) is 6.10. The van der Waals surface area contributed by atoms with Gasteiger partial charge < -0.3 is 0 Å². The Bertz CT molecular complexity index is 565. The normalized spacial score (nSPS) is 12.0. The number of hydrogen-bond acceptors (Lipinski definition) is 1.